The van der Waals surface area contributed by atoms with Crippen molar-refractivity contribution in [2.75, 3.05) is 5.32 Å². The smallest absolute Gasteiger partial charge is 0.227 e. The summed E-state index contributed by atoms with van der Waals surface area (Å²) in [6, 6.07) is 9.08. The van der Waals surface area contributed by atoms with E-state index in [9.17, 15) is 8.60 Å². The van der Waals surface area contributed by atoms with Gasteiger partial charge in [-0.25, -0.2) is 18.6 Å². The lowest BCUT2D eigenvalue weighted by Gasteiger charge is -2.07. The van der Waals surface area contributed by atoms with Gasteiger partial charge in [0.05, 0.1) is 5.39 Å². The lowest BCUT2D eigenvalue weighted by Crippen LogP contribution is -2.04. The molecule has 0 unspecified atom stereocenters. The van der Waals surface area contributed by atoms with Crippen LogP contribution in [0.2, 0.25) is 0 Å². The van der Waals surface area contributed by atoms with E-state index in [1.807, 2.05) is 19.1 Å². The van der Waals surface area contributed by atoms with E-state index in [4.69, 9.17) is 0 Å². The second-order valence-corrected chi connectivity index (χ2v) is 6.75. The Balaban J connectivity index is 1.77. The highest BCUT2D eigenvalue weighted by atomic mass is 32.2. The van der Waals surface area contributed by atoms with Crippen molar-refractivity contribution < 1.29 is 8.60 Å². The molecule has 126 valence electrons. The lowest BCUT2D eigenvalue weighted by molar-refractivity contribution is 0.626. The fourth-order valence-corrected chi connectivity index (χ4v) is 3.31. The highest BCUT2D eigenvalue weighted by Gasteiger charge is 2.16. The van der Waals surface area contributed by atoms with E-state index in [1.165, 1.54) is 24.3 Å². The zero-order valence-corrected chi connectivity index (χ0v) is 13.9. The zero-order chi connectivity index (χ0) is 17.4. The molecule has 4 rings (SSSR count). The van der Waals surface area contributed by atoms with Gasteiger partial charge in [-0.2, -0.15) is 5.10 Å². The number of rotatable bonds is 4. The summed E-state index contributed by atoms with van der Waals surface area (Å²) in [4.78, 5) is 12.1. The average molecular weight is 356 g/mol. The molecule has 25 heavy (non-hydrogen) atoms. The number of benzene rings is 1. The third-order valence-corrected chi connectivity index (χ3v) is 4.76. The van der Waals surface area contributed by atoms with E-state index in [-0.39, 0.29) is 5.16 Å². The number of aromatic nitrogens is 5. The molecule has 0 saturated carbocycles. The number of hydrogen-bond donors (Lipinski definition) is 3. The van der Waals surface area contributed by atoms with E-state index in [1.54, 1.807) is 6.20 Å². The van der Waals surface area contributed by atoms with Gasteiger partial charge in [0.1, 0.15) is 28.1 Å². The molecule has 3 N–H and O–H groups in total. The first kappa shape index (κ1) is 15.5. The first-order valence-electron chi connectivity index (χ1n) is 7.41. The first-order chi connectivity index (χ1) is 12.1. The van der Waals surface area contributed by atoms with E-state index >= 15 is 0 Å². The van der Waals surface area contributed by atoms with Crippen molar-refractivity contribution in [1.82, 2.24) is 25.1 Å². The zero-order valence-electron chi connectivity index (χ0n) is 13.1. The quantitative estimate of drug-likeness (QED) is 0.488. The number of nitrogens with one attached hydrogen (secondary N) is 3. The van der Waals surface area contributed by atoms with Crippen LogP contribution in [0.3, 0.4) is 0 Å². The SMILES string of the molecule is Cc1cc(Nc2nc([S@](=O)c3ccc(F)cc3)nc3[nH]ccc23)n[nH]1. The van der Waals surface area contributed by atoms with Gasteiger partial charge in [0, 0.05) is 22.9 Å². The molecule has 1 aromatic carbocycles. The Kier molecular flexibility index (Phi) is 3.77. The van der Waals surface area contributed by atoms with E-state index in [0.29, 0.717) is 22.2 Å². The molecule has 3 aromatic heterocycles. The molecular weight excluding hydrogens is 343 g/mol. The predicted octanol–water partition coefficient (Wildman–Crippen LogP) is 3.04. The summed E-state index contributed by atoms with van der Waals surface area (Å²) < 4.78 is 25.8. The molecule has 0 saturated heterocycles. The van der Waals surface area contributed by atoms with Crippen LogP contribution in [-0.4, -0.2) is 29.4 Å². The van der Waals surface area contributed by atoms with Crippen LogP contribution in [0, 0.1) is 12.7 Å². The van der Waals surface area contributed by atoms with Crippen LogP contribution in [0.1, 0.15) is 5.69 Å². The predicted molar refractivity (Wildman–Crippen MR) is 91.6 cm³/mol. The minimum atomic E-state index is -1.64. The van der Waals surface area contributed by atoms with Crippen LogP contribution in [-0.2, 0) is 10.8 Å². The summed E-state index contributed by atoms with van der Waals surface area (Å²) in [5, 5.41) is 10.9. The normalized spacial score (nSPS) is 12.4. The molecule has 0 bridgehead atoms. The minimum Gasteiger partial charge on any atom is -0.346 e. The molecule has 9 heteroatoms. The molecule has 0 radical (unpaired) electrons. The Labute approximate surface area is 144 Å². The molecule has 0 aliphatic heterocycles. The standard InChI is InChI=1S/C16H13FN6OS/c1-9-8-13(23-22-9)19-15-12-6-7-18-14(12)20-16(21-15)25(24)11-4-2-10(17)3-5-11/h2-8H,1H3,(H3,18,19,20,21,22,23)/t25-/m1/s1. The van der Waals surface area contributed by atoms with Crippen molar-refractivity contribution in [3.05, 3.63) is 54.1 Å². The highest BCUT2D eigenvalue weighted by molar-refractivity contribution is 7.85. The molecular formula is C16H13FN6OS. The largest absolute Gasteiger partial charge is 0.346 e. The van der Waals surface area contributed by atoms with Gasteiger partial charge in [-0.1, -0.05) is 0 Å². The van der Waals surface area contributed by atoms with Crippen LogP contribution in [0.4, 0.5) is 16.0 Å². The Hall–Kier alpha value is -3.07. The molecule has 0 aliphatic carbocycles. The van der Waals surface area contributed by atoms with Gasteiger partial charge >= 0.3 is 0 Å². The van der Waals surface area contributed by atoms with Crippen LogP contribution in [0.5, 0.6) is 0 Å². The Bertz CT molecular complexity index is 1070. The number of hydrogen-bond acceptors (Lipinski definition) is 5. The van der Waals surface area contributed by atoms with Crippen molar-refractivity contribution in [2.24, 2.45) is 0 Å². The van der Waals surface area contributed by atoms with Crippen LogP contribution in [0.25, 0.3) is 11.0 Å². The fraction of sp³-hybridized carbons (Fsp3) is 0.0625. The molecule has 1 atom stereocenters. The van der Waals surface area contributed by atoms with Gasteiger partial charge in [0.25, 0.3) is 0 Å². The van der Waals surface area contributed by atoms with Crippen LogP contribution < -0.4 is 5.32 Å². The number of fused-ring (bicyclic) bond motifs is 1. The monoisotopic (exact) mass is 356 g/mol. The third kappa shape index (κ3) is 3.01. The number of nitrogens with zero attached hydrogens (tertiary/aromatic N) is 3. The van der Waals surface area contributed by atoms with Gasteiger partial charge < -0.3 is 10.3 Å². The third-order valence-electron chi connectivity index (χ3n) is 3.54. The van der Waals surface area contributed by atoms with Gasteiger partial charge in [-0.3, -0.25) is 5.10 Å². The number of anilines is 2. The topological polar surface area (TPSA) is 99.3 Å². The first-order valence-corrected chi connectivity index (χ1v) is 8.56. The van der Waals surface area contributed by atoms with Crippen LogP contribution >= 0.6 is 0 Å². The molecule has 0 fully saturated rings. The Morgan fingerprint density at radius 3 is 2.68 bits per heavy atom. The second-order valence-electron chi connectivity index (χ2n) is 5.38. The Morgan fingerprint density at radius 1 is 1.16 bits per heavy atom. The van der Waals surface area contributed by atoms with Crippen LogP contribution in [0.15, 0.2) is 52.6 Å². The maximum absolute atomic E-state index is 13.1. The average Bonchev–Trinajstić information content (AvgIpc) is 3.23. The molecule has 7 nitrogen and oxygen atoms in total. The summed E-state index contributed by atoms with van der Waals surface area (Å²) in [5.41, 5.74) is 1.45. The van der Waals surface area contributed by atoms with E-state index in [0.717, 1.165) is 11.1 Å². The fourth-order valence-electron chi connectivity index (χ4n) is 2.37. The number of H-pyrrole nitrogens is 2. The minimum absolute atomic E-state index is 0.122. The maximum Gasteiger partial charge on any atom is 0.227 e. The number of aryl methyl sites for hydroxylation is 1. The van der Waals surface area contributed by atoms with E-state index < -0.39 is 16.6 Å². The summed E-state index contributed by atoms with van der Waals surface area (Å²) in [5.74, 6) is 0.693. The van der Waals surface area contributed by atoms with Gasteiger partial charge in [-0.15, -0.1) is 0 Å². The summed E-state index contributed by atoms with van der Waals surface area (Å²) >= 11 is 0. The van der Waals surface area contributed by atoms with Crippen molar-refractivity contribution in [3.63, 3.8) is 0 Å². The van der Waals surface area contributed by atoms with Gasteiger partial charge in [-0.05, 0) is 37.3 Å². The number of halogens is 1. The lowest BCUT2D eigenvalue weighted by atomic mass is 10.3. The molecule has 0 spiro atoms. The molecule has 0 aliphatic rings. The second kappa shape index (κ2) is 6.10. The summed E-state index contributed by atoms with van der Waals surface area (Å²) in [6.45, 7) is 1.89. The number of aromatic amines is 2. The molecule has 3 heterocycles. The van der Waals surface area contributed by atoms with Crippen molar-refractivity contribution >= 4 is 33.5 Å². The van der Waals surface area contributed by atoms with Crippen molar-refractivity contribution in [2.45, 2.75) is 17.0 Å². The maximum atomic E-state index is 13.1. The highest BCUT2D eigenvalue weighted by Crippen LogP contribution is 2.25. The molecule has 4 aromatic rings. The van der Waals surface area contributed by atoms with Crippen molar-refractivity contribution in [3.8, 4) is 0 Å². The van der Waals surface area contributed by atoms with Gasteiger partial charge in [0.15, 0.2) is 5.82 Å². The summed E-state index contributed by atoms with van der Waals surface area (Å²) in [6.07, 6.45) is 1.73. The van der Waals surface area contributed by atoms with E-state index in [2.05, 4.69) is 30.5 Å². The van der Waals surface area contributed by atoms with Crippen molar-refractivity contribution in [1.29, 1.82) is 0 Å². The Morgan fingerprint density at radius 2 is 1.96 bits per heavy atom. The summed E-state index contributed by atoms with van der Waals surface area (Å²) in [7, 11) is -1.64. The molecule has 0 amide bonds. The van der Waals surface area contributed by atoms with Gasteiger partial charge in [0.2, 0.25) is 5.16 Å².